The molecule has 6 nitrogen and oxygen atoms in total. The van der Waals surface area contributed by atoms with Crippen molar-refractivity contribution in [2.75, 3.05) is 11.9 Å². The summed E-state index contributed by atoms with van der Waals surface area (Å²) >= 11 is 0. The van der Waals surface area contributed by atoms with Crippen LogP contribution in [0.4, 0.5) is 5.69 Å². The van der Waals surface area contributed by atoms with Gasteiger partial charge in [-0.05, 0) is 35.7 Å². The second-order valence-electron chi connectivity index (χ2n) is 6.39. The van der Waals surface area contributed by atoms with Gasteiger partial charge >= 0.3 is 11.6 Å². The van der Waals surface area contributed by atoms with E-state index in [9.17, 15) is 14.4 Å². The Balaban J connectivity index is 1.62. The van der Waals surface area contributed by atoms with Crippen LogP contribution >= 0.6 is 0 Å². The van der Waals surface area contributed by atoms with Gasteiger partial charge in [0.25, 0.3) is 5.91 Å². The molecule has 1 N–H and O–H groups in total. The standard InChI is InChI=1S/C21H19NO5/c1-13(2)14-7-9-16(10-8-14)22-19(23)12-26-20(24)17-11-15-5-3-4-6-18(15)27-21(17)25/h3-11,13H,12H2,1-2H3,(H,22,23). The number of nitrogens with one attached hydrogen (secondary N) is 1. The molecule has 6 heteroatoms. The Hall–Kier alpha value is -3.41. The van der Waals surface area contributed by atoms with Crippen molar-refractivity contribution in [1.82, 2.24) is 0 Å². The molecule has 0 aliphatic heterocycles. The third-order valence-electron chi connectivity index (χ3n) is 4.06. The van der Waals surface area contributed by atoms with Crippen LogP contribution in [0.5, 0.6) is 0 Å². The third-order valence-corrected chi connectivity index (χ3v) is 4.06. The van der Waals surface area contributed by atoms with E-state index < -0.39 is 24.1 Å². The van der Waals surface area contributed by atoms with Crippen LogP contribution in [-0.2, 0) is 9.53 Å². The molecule has 2 aromatic carbocycles. The number of para-hydroxylation sites is 1. The van der Waals surface area contributed by atoms with E-state index in [-0.39, 0.29) is 5.56 Å². The van der Waals surface area contributed by atoms with E-state index in [4.69, 9.17) is 9.15 Å². The number of ether oxygens (including phenoxy) is 1. The molecule has 1 heterocycles. The number of anilines is 1. The zero-order valence-electron chi connectivity index (χ0n) is 15.0. The van der Waals surface area contributed by atoms with Crippen molar-refractivity contribution in [2.45, 2.75) is 19.8 Å². The molecule has 0 unspecified atom stereocenters. The summed E-state index contributed by atoms with van der Waals surface area (Å²) < 4.78 is 10.0. The van der Waals surface area contributed by atoms with Crippen LogP contribution < -0.4 is 10.9 Å². The van der Waals surface area contributed by atoms with Gasteiger partial charge in [-0.25, -0.2) is 9.59 Å². The molecule has 0 radical (unpaired) electrons. The molecule has 0 aliphatic carbocycles. The number of amides is 1. The number of hydrogen-bond donors (Lipinski definition) is 1. The Bertz CT molecular complexity index is 1030. The Labute approximate surface area is 155 Å². The predicted molar refractivity (Wildman–Crippen MR) is 102 cm³/mol. The van der Waals surface area contributed by atoms with Crippen molar-refractivity contribution in [2.24, 2.45) is 0 Å². The lowest BCUT2D eigenvalue weighted by Gasteiger charge is -2.09. The maximum Gasteiger partial charge on any atom is 0.351 e. The summed E-state index contributed by atoms with van der Waals surface area (Å²) in [6, 6.07) is 15.6. The highest BCUT2D eigenvalue weighted by Crippen LogP contribution is 2.17. The van der Waals surface area contributed by atoms with Gasteiger partial charge in [-0.15, -0.1) is 0 Å². The summed E-state index contributed by atoms with van der Waals surface area (Å²) in [5, 5.41) is 3.24. The molecule has 3 rings (SSSR count). The molecule has 0 spiro atoms. The van der Waals surface area contributed by atoms with Gasteiger partial charge in [0, 0.05) is 11.1 Å². The lowest BCUT2D eigenvalue weighted by atomic mass is 10.0. The molecule has 0 atom stereocenters. The largest absolute Gasteiger partial charge is 0.452 e. The van der Waals surface area contributed by atoms with Crippen LogP contribution in [0.2, 0.25) is 0 Å². The number of carbonyl (C=O) groups excluding carboxylic acids is 2. The molecule has 0 saturated carbocycles. The first kappa shape index (κ1) is 18.4. The lowest BCUT2D eigenvalue weighted by molar-refractivity contribution is -0.119. The molecular weight excluding hydrogens is 346 g/mol. The smallest absolute Gasteiger partial charge is 0.351 e. The number of benzene rings is 2. The van der Waals surface area contributed by atoms with Crippen molar-refractivity contribution < 1.29 is 18.7 Å². The van der Waals surface area contributed by atoms with E-state index in [0.29, 0.717) is 22.6 Å². The van der Waals surface area contributed by atoms with Crippen LogP contribution in [0.25, 0.3) is 11.0 Å². The number of hydrogen-bond acceptors (Lipinski definition) is 5. The molecule has 138 valence electrons. The first-order valence-corrected chi connectivity index (χ1v) is 8.54. The molecule has 0 fully saturated rings. The topological polar surface area (TPSA) is 85.6 Å². The van der Waals surface area contributed by atoms with E-state index in [1.807, 2.05) is 12.1 Å². The zero-order valence-corrected chi connectivity index (χ0v) is 15.0. The average molecular weight is 365 g/mol. The fourth-order valence-electron chi connectivity index (χ4n) is 2.56. The number of carbonyl (C=O) groups is 2. The van der Waals surface area contributed by atoms with Gasteiger partial charge < -0.3 is 14.5 Å². The zero-order chi connectivity index (χ0) is 19.4. The summed E-state index contributed by atoms with van der Waals surface area (Å²) in [5.41, 5.74) is 1.08. The fraction of sp³-hybridized carbons (Fsp3) is 0.190. The van der Waals surface area contributed by atoms with Crippen LogP contribution in [0.1, 0.15) is 35.7 Å². The van der Waals surface area contributed by atoms with E-state index in [1.54, 1.807) is 36.4 Å². The summed E-state index contributed by atoms with van der Waals surface area (Å²) in [4.78, 5) is 36.0. The quantitative estimate of drug-likeness (QED) is 0.550. The van der Waals surface area contributed by atoms with E-state index in [2.05, 4.69) is 19.2 Å². The second-order valence-corrected chi connectivity index (χ2v) is 6.39. The third kappa shape index (κ3) is 4.41. The van der Waals surface area contributed by atoms with Gasteiger partial charge in [-0.1, -0.05) is 44.2 Å². The first-order chi connectivity index (χ1) is 12.9. The fourth-order valence-corrected chi connectivity index (χ4v) is 2.56. The first-order valence-electron chi connectivity index (χ1n) is 8.54. The van der Waals surface area contributed by atoms with Gasteiger partial charge in [-0.3, -0.25) is 4.79 Å². The molecule has 0 bridgehead atoms. The second kappa shape index (κ2) is 7.86. The normalized spacial score (nSPS) is 10.8. The van der Waals surface area contributed by atoms with Gasteiger partial charge in [0.15, 0.2) is 6.61 Å². The van der Waals surface area contributed by atoms with Crippen molar-refractivity contribution in [3.63, 3.8) is 0 Å². The SMILES string of the molecule is CC(C)c1ccc(NC(=O)COC(=O)c2cc3ccccc3oc2=O)cc1. The Morgan fingerprint density at radius 2 is 1.78 bits per heavy atom. The minimum Gasteiger partial charge on any atom is -0.452 e. The van der Waals surface area contributed by atoms with Gasteiger partial charge in [0.2, 0.25) is 0 Å². The van der Waals surface area contributed by atoms with Gasteiger partial charge in [-0.2, -0.15) is 0 Å². The lowest BCUT2D eigenvalue weighted by Crippen LogP contribution is -2.23. The van der Waals surface area contributed by atoms with Crippen molar-refractivity contribution in [3.8, 4) is 0 Å². The van der Waals surface area contributed by atoms with E-state index in [0.717, 1.165) is 5.56 Å². The minimum atomic E-state index is -0.903. The molecule has 0 aliphatic rings. The summed E-state index contributed by atoms with van der Waals surface area (Å²) in [6.45, 7) is 3.66. The highest BCUT2D eigenvalue weighted by atomic mass is 16.5. The molecule has 0 saturated heterocycles. The molecule has 27 heavy (non-hydrogen) atoms. The maximum absolute atomic E-state index is 12.1. The van der Waals surface area contributed by atoms with Crippen molar-refractivity contribution in [3.05, 3.63) is 76.1 Å². The Morgan fingerprint density at radius 3 is 2.48 bits per heavy atom. The number of fused-ring (bicyclic) bond motifs is 1. The van der Waals surface area contributed by atoms with Crippen molar-refractivity contribution >= 4 is 28.5 Å². The van der Waals surface area contributed by atoms with E-state index in [1.165, 1.54) is 6.07 Å². The summed E-state index contributed by atoms with van der Waals surface area (Å²) in [6.07, 6.45) is 0. The Kier molecular flexibility index (Phi) is 5.35. The number of esters is 1. The van der Waals surface area contributed by atoms with Gasteiger partial charge in [0.05, 0.1) is 0 Å². The molecular formula is C21H19NO5. The summed E-state index contributed by atoms with van der Waals surface area (Å²) in [5.74, 6) is -1.00. The summed E-state index contributed by atoms with van der Waals surface area (Å²) in [7, 11) is 0. The highest BCUT2D eigenvalue weighted by molar-refractivity contribution is 5.96. The van der Waals surface area contributed by atoms with Crippen LogP contribution in [0, 0.1) is 0 Å². The minimum absolute atomic E-state index is 0.247. The highest BCUT2D eigenvalue weighted by Gasteiger charge is 2.16. The maximum atomic E-state index is 12.1. The molecule has 1 aromatic heterocycles. The number of rotatable bonds is 5. The average Bonchev–Trinajstić information content (AvgIpc) is 2.66. The Morgan fingerprint density at radius 1 is 1.07 bits per heavy atom. The van der Waals surface area contributed by atoms with Crippen LogP contribution in [0.15, 0.2) is 63.8 Å². The monoisotopic (exact) mass is 365 g/mol. The predicted octanol–water partition coefficient (Wildman–Crippen LogP) is 3.71. The van der Waals surface area contributed by atoms with E-state index >= 15 is 0 Å². The van der Waals surface area contributed by atoms with Crippen LogP contribution in [-0.4, -0.2) is 18.5 Å². The molecule has 1 amide bonds. The van der Waals surface area contributed by atoms with Crippen LogP contribution in [0.3, 0.4) is 0 Å². The molecule has 3 aromatic rings. The van der Waals surface area contributed by atoms with Crippen molar-refractivity contribution in [1.29, 1.82) is 0 Å². The van der Waals surface area contributed by atoms with Gasteiger partial charge in [0.1, 0.15) is 11.1 Å².